The van der Waals surface area contributed by atoms with Gasteiger partial charge < -0.3 is 14.5 Å². The maximum absolute atomic E-state index is 13.1. The standard InChI is InChI=1S/C26H34N4O5/c1-19-17-29(26(34)27-25(19)33)18-24(32)28-12-5-9-23(31)30-13-3-2-7-21(30)11-10-20-6-4-8-22(16-20)35-15-14-28/h4,6,8,16-17,21H,2-3,5,7,9-15,18H2,1H3,(H,27,33,34). The summed E-state index contributed by atoms with van der Waals surface area (Å²) in [6.45, 7) is 3.23. The van der Waals surface area contributed by atoms with E-state index < -0.39 is 11.2 Å². The number of carbonyl (C=O) groups excluding carboxylic acids is 2. The molecule has 1 aromatic heterocycles. The van der Waals surface area contributed by atoms with E-state index in [4.69, 9.17) is 4.74 Å². The normalized spacial score (nSPS) is 19.8. The van der Waals surface area contributed by atoms with Crippen LogP contribution in [-0.2, 0) is 22.6 Å². The molecule has 3 heterocycles. The lowest BCUT2D eigenvalue weighted by atomic mass is 9.95. The van der Waals surface area contributed by atoms with Gasteiger partial charge in [-0.2, -0.15) is 0 Å². The number of carbonyl (C=O) groups is 2. The van der Waals surface area contributed by atoms with Crippen LogP contribution in [0.4, 0.5) is 0 Å². The zero-order chi connectivity index (χ0) is 24.8. The molecule has 2 amide bonds. The first kappa shape index (κ1) is 24.8. The Hall–Kier alpha value is -3.36. The first-order valence-corrected chi connectivity index (χ1v) is 12.5. The van der Waals surface area contributed by atoms with E-state index in [2.05, 4.69) is 11.1 Å². The van der Waals surface area contributed by atoms with Gasteiger partial charge in [0.25, 0.3) is 5.56 Å². The highest BCUT2D eigenvalue weighted by atomic mass is 16.5. The number of hydrogen-bond acceptors (Lipinski definition) is 5. The number of amides is 2. The van der Waals surface area contributed by atoms with Crippen molar-refractivity contribution < 1.29 is 14.3 Å². The van der Waals surface area contributed by atoms with Gasteiger partial charge in [0.2, 0.25) is 11.8 Å². The molecule has 0 aliphatic carbocycles. The third-order valence-electron chi connectivity index (χ3n) is 6.91. The Balaban J connectivity index is 1.51. The maximum atomic E-state index is 13.1. The molecule has 1 atom stereocenters. The summed E-state index contributed by atoms with van der Waals surface area (Å²) in [6.07, 6.45) is 7.35. The third kappa shape index (κ3) is 6.41. The Bertz CT molecular complexity index is 1170. The molecule has 2 aliphatic rings. The minimum absolute atomic E-state index is 0.148. The van der Waals surface area contributed by atoms with E-state index in [1.54, 1.807) is 11.8 Å². The van der Waals surface area contributed by atoms with Crippen molar-refractivity contribution in [3.8, 4) is 5.75 Å². The van der Waals surface area contributed by atoms with Gasteiger partial charge in [-0.05, 0) is 63.1 Å². The SMILES string of the molecule is Cc1cn(CC(=O)N2CCCC(=O)N3CCCCC3CCc3cccc(c3)OCC2)c(=O)[nH]c1=O. The highest BCUT2D eigenvalue weighted by molar-refractivity contribution is 5.77. The molecule has 0 radical (unpaired) electrons. The van der Waals surface area contributed by atoms with Gasteiger partial charge in [0.05, 0.1) is 6.54 Å². The molecule has 4 rings (SSSR count). The van der Waals surface area contributed by atoms with Crippen LogP contribution in [-0.4, -0.2) is 63.4 Å². The fourth-order valence-corrected chi connectivity index (χ4v) is 4.93. The Morgan fingerprint density at radius 3 is 2.77 bits per heavy atom. The molecule has 1 unspecified atom stereocenters. The molecule has 1 saturated heterocycles. The zero-order valence-electron chi connectivity index (χ0n) is 20.3. The summed E-state index contributed by atoms with van der Waals surface area (Å²) in [4.78, 5) is 55.9. The number of nitrogens with one attached hydrogen (secondary N) is 1. The predicted octanol–water partition coefficient (Wildman–Crippen LogP) is 1.86. The molecule has 9 heteroatoms. The molecule has 0 spiro atoms. The number of aromatic amines is 1. The van der Waals surface area contributed by atoms with Crippen molar-refractivity contribution in [3.63, 3.8) is 0 Å². The molecular weight excluding hydrogens is 448 g/mol. The van der Waals surface area contributed by atoms with Crippen molar-refractivity contribution in [1.29, 1.82) is 0 Å². The minimum atomic E-state index is -0.619. The average Bonchev–Trinajstić information content (AvgIpc) is 2.85. The van der Waals surface area contributed by atoms with Gasteiger partial charge >= 0.3 is 5.69 Å². The third-order valence-corrected chi connectivity index (χ3v) is 6.91. The molecular formula is C26H34N4O5. The first-order valence-electron chi connectivity index (χ1n) is 12.5. The van der Waals surface area contributed by atoms with Crippen molar-refractivity contribution in [2.75, 3.05) is 26.2 Å². The van der Waals surface area contributed by atoms with Gasteiger partial charge in [0, 0.05) is 37.3 Å². The number of benzene rings is 1. The number of nitrogens with zero attached hydrogens (tertiary/aromatic N) is 3. The maximum Gasteiger partial charge on any atom is 0.328 e. The van der Waals surface area contributed by atoms with Crippen molar-refractivity contribution >= 4 is 11.8 Å². The Morgan fingerprint density at radius 1 is 1.06 bits per heavy atom. The number of H-pyrrole nitrogens is 1. The lowest BCUT2D eigenvalue weighted by molar-refractivity contribution is -0.136. The topological polar surface area (TPSA) is 105 Å². The monoisotopic (exact) mass is 482 g/mol. The second-order valence-corrected chi connectivity index (χ2v) is 9.45. The summed E-state index contributed by atoms with van der Waals surface area (Å²) in [5.41, 5.74) is 0.459. The van der Waals surface area contributed by atoms with Crippen LogP contribution in [0.2, 0.25) is 0 Å². The first-order chi connectivity index (χ1) is 16.9. The molecule has 2 aliphatic heterocycles. The predicted molar refractivity (Wildman–Crippen MR) is 131 cm³/mol. The van der Waals surface area contributed by atoms with Gasteiger partial charge in [-0.25, -0.2) is 4.79 Å². The van der Waals surface area contributed by atoms with E-state index in [1.165, 1.54) is 16.3 Å². The minimum Gasteiger partial charge on any atom is -0.492 e. The molecule has 35 heavy (non-hydrogen) atoms. The van der Waals surface area contributed by atoms with Crippen LogP contribution in [0.5, 0.6) is 5.75 Å². The number of piperidine rings is 1. The number of hydrogen-bond donors (Lipinski definition) is 1. The van der Waals surface area contributed by atoms with E-state index >= 15 is 0 Å². The molecule has 1 N–H and O–H groups in total. The quantitative estimate of drug-likeness (QED) is 0.704. The number of aryl methyl sites for hydroxylation is 2. The van der Waals surface area contributed by atoms with Gasteiger partial charge in [0.15, 0.2) is 0 Å². The second-order valence-electron chi connectivity index (χ2n) is 9.45. The Labute approximate surface area is 204 Å². The second kappa shape index (κ2) is 11.4. The summed E-state index contributed by atoms with van der Waals surface area (Å²) in [5.74, 6) is 0.645. The molecule has 1 fully saturated rings. The highest BCUT2D eigenvalue weighted by Gasteiger charge is 2.26. The fraction of sp³-hybridized carbons (Fsp3) is 0.538. The Kier molecular flexibility index (Phi) is 8.05. The molecule has 188 valence electrons. The molecule has 9 nitrogen and oxygen atoms in total. The van der Waals surface area contributed by atoms with Crippen LogP contribution in [0.25, 0.3) is 0 Å². The van der Waals surface area contributed by atoms with Gasteiger partial charge in [-0.1, -0.05) is 12.1 Å². The van der Waals surface area contributed by atoms with Crippen molar-refractivity contribution in [2.24, 2.45) is 0 Å². The zero-order valence-corrected chi connectivity index (χ0v) is 20.3. The molecule has 2 bridgehead atoms. The van der Waals surface area contributed by atoms with Crippen molar-refractivity contribution in [3.05, 3.63) is 62.4 Å². The fourth-order valence-electron chi connectivity index (χ4n) is 4.93. The van der Waals surface area contributed by atoms with Crippen LogP contribution >= 0.6 is 0 Å². The van der Waals surface area contributed by atoms with Crippen LogP contribution in [0, 0.1) is 6.92 Å². The lowest BCUT2D eigenvalue weighted by Crippen LogP contribution is -2.44. The van der Waals surface area contributed by atoms with Gasteiger partial charge in [-0.15, -0.1) is 0 Å². The number of rotatable bonds is 2. The largest absolute Gasteiger partial charge is 0.492 e. The van der Waals surface area contributed by atoms with E-state index in [0.29, 0.717) is 38.1 Å². The summed E-state index contributed by atoms with van der Waals surface area (Å²) < 4.78 is 7.16. The van der Waals surface area contributed by atoms with E-state index in [-0.39, 0.29) is 24.4 Å². The summed E-state index contributed by atoms with van der Waals surface area (Å²) >= 11 is 0. The number of ether oxygens (including phenoxy) is 1. The molecule has 2 aromatic rings. The van der Waals surface area contributed by atoms with Crippen molar-refractivity contribution in [1.82, 2.24) is 19.4 Å². The van der Waals surface area contributed by atoms with E-state index in [9.17, 15) is 19.2 Å². The van der Waals surface area contributed by atoms with Crippen LogP contribution < -0.4 is 16.0 Å². The summed E-state index contributed by atoms with van der Waals surface area (Å²) in [6, 6.07) is 8.25. The summed E-state index contributed by atoms with van der Waals surface area (Å²) in [5, 5.41) is 0. The van der Waals surface area contributed by atoms with Crippen LogP contribution in [0.1, 0.15) is 49.7 Å². The van der Waals surface area contributed by atoms with Gasteiger partial charge in [0.1, 0.15) is 18.9 Å². The van der Waals surface area contributed by atoms with Crippen molar-refractivity contribution in [2.45, 2.75) is 64.5 Å². The van der Waals surface area contributed by atoms with Crippen LogP contribution in [0.15, 0.2) is 40.1 Å². The van der Waals surface area contributed by atoms with Crippen LogP contribution in [0.3, 0.4) is 0 Å². The smallest absolute Gasteiger partial charge is 0.328 e. The number of fused-ring (bicyclic) bond motifs is 3. The lowest BCUT2D eigenvalue weighted by Gasteiger charge is -2.36. The molecule has 0 saturated carbocycles. The average molecular weight is 483 g/mol. The molecule has 1 aromatic carbocycles. The Morgan fingerprint density at radius 2 is 1.91 bits per heavy atom. The number of aromatic nitrogens is 2. The van der Waals surface area contributed by atoms with E-state index in [0.717, 1.165) is 44.4 Å². The highest BCUT2D eigenvalue weighted by Crippen LogP contribution is 2.24. The van der Waals surface area contributed by atoms with E-state index in [1.807, 2.05) is 23.1 Å². The van der Waals surface area contributed by atoms with Gasteiger partial charge in [-0.3, -0.25) is 23.9 Å². The summed E-state index contributed by atoms with van der Waals surface area (Å²) in [7, 11) is 0.